The number of aromatic nitrogens is 5. The number of hydrogen-bond acceptors (Lipinski definition) is 9. The van der Waals surface area contributed by atoms with Gasteiger partial charge in [0, 0.05) is 50.0 Å². The van der Waals surface area contributed by atoms with E-state index in [1.807, 2.05) is 58.4 Å². The van der Waals surface area contributed by atoms with Crippen molar-refractivity contribution < 1.29 is 17.9 Å². The van der Waals surface area contributed by atoms with E-state index < -0.39 is 15.6 Å². The van der Waals surface area contributed by atoms with Crippen molar-refractivity contribution >= 4 is 32.9 Å². The van der Waals surface area contributed by atoms with Crippen LogP contribution < -0.4 is 15.0 Å². The van der Waals surface area contributed by atoms with E-state index in [2.05, 4.69) is 48.7 Å². The van der Waals surface area contributed by atoms with Crippen molar-refractivity contribution in [2.24, 2.45) is 0 Å². The van der Waals surface area contributed by atoms with Gasteiger partial charge in [-0.15, -0.1) is 5.10 Å². The molecule has 0 radical (unpaired) electrons. The molecule has 0 spiro atoms. The van der Waals surface area contributed by atoms with Gasteiger partial charge in [0.15, 0.2) is 0 Å². The summed E-state index contributed by atoms with van der Waals surface area (Å²) in [5, 5.41) is 12.2. The highest BCUT2D eigenvalue weighted by Crippen LogP contribution is 2.40. The molecule has 2 atom stereocenters. The first-order chi connectivity index (χ1) is 25.4. The molecule has 2 aliphatic heterocycles. The number of hydrogen-bond donors (Lipinski definition) is 1. The summed E-state index contributed by atoms with van der Waals surface area (Å²) >= 11 is 0. The Labute approximate surface area is 311 Å². The maximum Gasteiger partial charge on any atom is 0.254 e. The molecular formula is C40H48N8O4S. The van der Waals surface area contributed by atoms with E-state index in [1.54, 1.807) is 36.7 Å². The number of ether oxygens (including phenoxy) is 1. The summed E-state index contributed by atoms with van der Waals surface area (Å²) in [7, 11) is -3.86. The summed E-state index contributed by atoms with van der Waals surface area (Å²) in [5.74, 6) is 0.377. The third-order valence-corrected chi connectivity index (χ3v) is 12.6. The predicted molar refractivity (Wildman–Crippen MR) is 205 cm³/mol. The van der Waals surface area contributed by atoms with E-state index in [0.717, 1.165) is 64.8 Å². The van der Waals surface area contributed by atoms with Crippen molar-refractivity contribution in [3.63, 3.8) is 0 Å². The molecule has 3 aromatic carbocycles. The van der Waals surface area contributed by atoms with Crippen LogP contribution in [0.4, 0.5) is 5.95 Å². The highest BCUT2D eigenvalue weighted by molar-refractivity contribution is 7.89. The van der Waals surface area contributed by atoms with E-state index in [1.165, 1.54) is 4.31 Å². The van der Waals surface area contributed by atoms with Crippen LogP contribution in [0.1, 0.15) is 91.1 Å². The fourth-order valence-electron chi connectivity index (χ4n) is 7.71. The van der Waals surface area contributed by atoms with Crippen molar-refractivity contribution in [1.29, 1.82) is 0 Å². The van der Waals surface area contributed by atoms with Crippen LogP contribution in [-0.2, 0) is 23.1 Å². The monoisotopic (exact) mass is 736 g/mol. The Morgan fingerprint density at radius 3 is 2.47 bits per heavy atom. The van der Waals surface area contributed by atoms with Crippen LogP contribution in [0, 0.1) is 13.8 Å². The van der Waals surface area contributed by atoms with E-state index >= 15 is 0 Å². The second-order valence-corrected chi connectivity index (χ2v) is 16.6. The summed E-state index contributed by atoms with van der Waals surface area (Å²) in [5.41, 5.74) is 5.98. The van der Waals surface area contributed by atoms with Gasteiger partial charge in [0.05, 0.1) is 17.6 Å². The highest BCUT2D eigenvalue weighted by Gasteiger charge is 2.38. The molecule has 53 heavy (non-hydrogen) atoms. The first-order valence-corrected chi connectivity index (χ1v) is 19.9. The number of fused-ring (bicyclic) bond motifs is 2. The predicted octanol–water partition coefficient (Wildman–Crippen LogP) is 6.16. The normalized spacial score (nSPS) is 18.0. The number of carbonyl (C=O) groups is 1. The smallest absolute Gasteiger partial charge is 0.254 e. The number of nitrogens with zero attached hydrogens (tertiary/aromatic N) is 7. The summed E-state index contributed by atoms with van der Waals surface area (Å²) < 4.78 is 37.8. The lowest BCUT2D eigenvalue weighted by molar-refractivity contribution is 0.0905. The van der Waals surface area contributed by atoms with Gasteiger partial charge in [0.1, 0.15) is 22.3 Å². The van der Waals surface area contributed by atoms with Gasteiger partial charge in [-0.3, -0.25) is 4.79 Å². The zero-order valence-electron chi connectivity index (χ0n) is 31.3. The zero-order valence-corrected chi connectivity index (χ0v) is 32.2. The molecule has 5 aromatic rings. The quantitative estimate of drug-likeness (QED) is 0.179. The van der Waals surface area contributed by atoms with Gasteiger partial charge in [-0.1, -0.05) is 48.5 Å². The second kappa shape index (κ2) is 14.5. The van der Waals surface area contributed by atoms with E-state index in [-0.39, 0.29) is 35.9 Å². The van der Waals surface area contributed by atoms with Gasteiger partial charge < -0.3 is 15.0 Å². The van der Waals surface area contributed by atoms with Gasteiger partial charge in [-0.2, -0.15) is 4.31 Å². The van der Waals surface area contributed by atoms with Gasteiger partial charge in [0.25, 0.3) is 5.91 Å². The van der Waals surface area contributed by atoms with Crippen LogP contribution in [-0.4, -0.2) is 74.9 Å². The third-order valence-electron chi connectivity index (χ3n) is 10.7. The van der Waals surface area contributed by atoms with Gasteiger partial charge in [-0.05, 0) is 99.9 Å². The molecule has 278 valence electrons. The molecule has 0 unspecified atom stereocenters. The number of sulfonamides is 1. The first kappa shape index (κ1) is 36.5. The summed E-state index contributed by atoms with van der Waals surface area (Å²) in [6.45, 7) is 15.0. The van der Waals surface area contributed by atoms with Gasteiger partial charge in [-0.25, -0.2) is 23.1 Å². The molecule has 0 saturated carbocycles. The Bertz CT molecular complexity index is 2250. The summed E-state index contributed by atoms with van der Waals surface area (Å²) in [6.07, 6.45) is 5.77. The molecule has 13 heteroatoms. The molecule has 1 N–H and O–H groups in total. The van der Waals surface area contributed by atoms with Crippen LogP contribution in [0.3, 0.4) is 0 Å². The molecule has 1 fully saturated rings. The number of para-hydroxylation sites is 1. The minimum atomic E-state index is -3.86. The van der Waals surface area contributed by atoms with Crippen LogP contribution in [0.25, 0.3) is 11.0 Å². The highest BCUT2D eigenvalue weighted by atomic mass is 32.2. The molecule has 0 aliphatic carbocycles. The minimum Gasteiger partial charge on any atom is -0.488 e. The maximum absolute atomic E-state index is 14.1. The molecule has 12 nitrogen and oxygen atoms in total. The molecule has 2 aliphatic rings. The van der Waals surface area contributed by atoms with Crippen molar-refractivity contribution in [3.8, 4) is 5.75 Å². The SMILES string of the molecule is CC[C@@H]1CN(Cc2cc([C@@H](c3ccc4c(nnn4CC)c3C)C(C)(C)NC(=O)c3cnc(N4CCCC4)nc3)ccc2C)S(=O)(=O)c2ccccc2O1. The van der Waals surface area contributed by atoms with Crippen LogP contribution >= 0.6 is 0 Å². The topological polar surface area (TPSA) is 135 Å². The Morgan fingerprint density at radius 1 is 1.02 bits per heavy atom. The Morgan fingerprint density at radius 2 is 1.75 bits per heavy atom. The van der Waals surface area contributed by atoms with Crippen LogP contribution in [0.15, 0.2) is 71.9 Å². The minimum absolute atomic E-state index is 0.166. The van der Waals surface area contributed by atoms with E-state index in [4.69, 9.17) is 4.74 Å². The van der Waals surface area contributed by atoms with Crippen molar-refractivity contribution in [3.05, 3.63) is 100 Å². The Balaban J connectivity index is 1.28. The second-order valence-electron chi connectivity index (χ2n) is 14.7. The number of anilines is 1. The number of nitrogens with one attached hydrogen (secondary N) is 1. The fourth-order valence-corrected chi connectivity index (χ4v) is 9.28. The number of aryl methyl sites for hydroxylation is 3. The standard InChI is InChI=1S/C40H48N8O4S/c1-7-31-25-47(53(50,51)35-14-10-9-13-34(35)52-31)24-29-21-28(16-15-26(29)3)36(32-17-18-33-37(27(32)4)44-45-48(33)8-2)40(5,6)43-38(49)30-22-41-39(42-23-30)46-19-11-12-20-46/h9-10,13-18,21-23,31,36H,7-8,11-12,19-20,24-25H2,1-6H3,(H,43,49)/t31-,36+/m1/s1. The van der Waals surface area contributed by atoms with Crippen molar-refractivity contribution in [1.82, 2.24) is 34.6 Å². The average molecular weight is 737 g/mol. The summed E-state index contributed by atoms with van der Waals surface area (Å²) in [6, 6.07) is 17.2. The lowest BCUT2D eigenvalue weighted by Crippen LogP contribution is -2.48. The summed E-state index contributed by atoms with van der Waals surface area (Å²) in [4.78, 5) is 25.3. The maximum atomic E-state index is 14.1. The first-order valence-electron chi connectivity index (χ1n) is 18.5. The van der Waals surface area contributed by atoms with Crippen LogP contribution in [0.5, 0.6) is 5.75 Å². The van der Waals surface area contributed by atoms with Gasteiger partial charge in [0.2, 0.25) is 16.0 Å². The molecule has 1 saturated heterocycles. The van der Waals surface area contributed by atoms with E-state index in [9.17, 15) is 13.2 Å². The Hall–Kier alpha value is -4.88. The molecule has 1 amide bonds. The molecule has 2 aromatic heterocycles. The van der Waals surface area contributed by atoms with Gasteiger partial charge >= 0.3 is 0 Å². The van der Waals surface area contributed by atoms with Crippen LogP contribution in [0.2, 0.25) is 0 Å². The molecule has 7 rings (SSSR count). The molecule has 0 bridgehead atoms. The largest absolute Gasteiger partial charge is 0.488 e. The Kier molecular flexibility index (Phi) is 9.98. The number of benzene rings is 3. The third kappa shape index (κ3) is 6.99. The number of carbonyl (C=O) groups excluding carboxylic acids is 1. The van der Waals surface area contributed by atoms with Crippen molar-refractivity contribution in [2.45, 2.75) is 96.4 Å². The molecule has 4 heterocycles. The average Bonchev–Trinajstić information content (AvgIpc) is 3.82. The number of rotatable bonds is 10. The number of amides is 1. The van der Waals surface area contributed by atoms with E-state index in [0.29, 0.717) is 30.2 Å². The zero-order chi connectivity index (χ0) is 37.5. The van der Waals surface area contributed by atoms with Crippen molar-refractivity contribution in [2.75, 3.05) is 24.5 Å². The molecular weight excluding hydrogens is 689 g/mol. The lowest BCUT2D eigenvalue weighted by atomic mass is 9.74. The fraction of sp³-hybridized carbons (Fsp3) is 0.425. The lowest BCUT2D eigenvalue weighted by Gasteiger charge is -2.37.